The number of thiophene rings is 1. The fourth-order valence-corrected chi connectivity index (χ4v) is 8.04. The van der Waals surface area contributed by atoms with Gasteiger partial charge in [0.25, 0.3) is 11.8 Å². The summed E-state index contributed by atoms with van der Waals surface area (Å²) in [7, 11) is 0. The van der Waals surface area contributed by atoms with Crippen LogP contribution in [0.2, 0.25) is 5.02 Å². The molecule has 0 saturated carbocycles. The Morgan fingerprint density at radius 2 is 1.79 bits per heavy atom. The van der Waals surface area contributed by atoms with Crippen LogP contribution in [0, 0.1) is 20.8 Å². The molecule has 4 aliphatic rings. The predicted octanol–water partition coefficient (Wildman–Crippen LogP) is 7.53. The first-order valence-electron chi connectivity index (χ1n) is 17.2. The topological polar surface area (TPSA) is 136 Å². The van der Waals surface area contributed by atoms with Crippen LogP contribution in [-0.2, 0) is 9.59 Å². The van der Waals surface area contributed by atoms with E-state index in [-0.39, 0.29) is 36.4 Å². The average Bonchev–Trinajstić information content (AvgIpc) is 3.66. The lowest BCUT2D eigenvalue weighted by molar-refractivity contribution is -0.125. The number of aryl methyl sites for hydroxylation is 2. The van der Waals surface area contributed by atoms with Gasteiger partial charge in [0.05, 0.1) is 23.4 Å². The second kappa shape index (κ2) is 18.2. The van der Waals surface area contributed by atoms with Gasteiger partial charge in [-0.25, -0.2) is 0 Å². The number of amides is 3. The minimum Gasteiger partial charge on any atom is -0.329 e. The van der Waals surface area contributed by atoms with E-state index in [4.69, 9.17) is 16.6 Å². The summed E-state index contributed by atoms with van der Waals surface area (Å²) in [6.07, 6.45) is 3.46. The maximum atomic E-state index is 12.5. The zero-order valence-electron chi connectivity index (χ0n) is 30.3. The molecule has 1 aromatic heterocycles. The summed E-state index contributed by atoms with van der Waals surface area (Å²) in [5, 5.41) is 9.15. The lowest BCUT2D eigenvalue weighted by atomic mass is 10.00. The van der Waals surface area contributed by atoms with E-state index in [9.17, 15) is 19.2 Å². The third kappa shape index (κ3) is 9.09. The summed E-state index contributed by atoms with van der Waals surface area (Å²) in [6.45, 7) is 17.1. The zero-order chi connectivity index (χ0) is 37.7. The molecular formula is C39H48ClN7O4S2. The number of halogens is 1. The molecule has 3 aromatic rings. The molecular weight excluding hydrogens is 730 g/mol. The predicted molar refractivity (Wildman–Crippen MR) is 218 cm³/mol. The van der Waals surface area contributed by atoms with Gasteiger partial charge >= 0.3 is 0 Å². The number of allylic oxidation sites excluding steroid dienone is 1. The second-order valence-electron chi connectivity index (χ2n) is 12.8. The smallest absolute Gasteiger partial charge is 0.262 e. The molecule has 0 bridgehead atoms. The molecule has 5 heterocycles. The SMILES string of the molecule is C.C=C1CCC(N2C(=O)c3cccc(C)c3C2=O)C(=O)N1.CCCCNSC(C)=O.Cc1sc2c(c1C)C(c1ccc(Cl)cc1)=NCC1=NNC(C)N12. The van der Waals surface area contributed by atoms with Crippen LogP contribution < -0.4 is 20.4 Å². The molecule has 7 rings (SSSR count). The first-order valence-corrected chi connectivity index (χ1v) is 19.2. The summed E-state index contributed by atoms with van der Waals surface area (Å²) < 4.78 is 2.95. The number of nitrogens with zero attached hydrogens (tertiary/aromatic N) is 4. The Kier molecular flexibility index (Phi) is 14.2. The molecule has 53 heavy (non-hydrogen) atoms. The number of carbonyl (C=O) groups excluding carboxylic acids is 4. The Labute approximate surface area is 325 Å². The number of hydrogen-bond donors (Lipinski definition) is 3. The highest BCUT2D eigenvalue weighted by atomic mass is 35.5. The number of fused-ring (bicyclic) bond motifs is 4. The van der Waals surface area contributed by atoms with Crippen LogP contribution in [0.5, 0.6) is 0 Å². The molecule has 11 nitrogen and oxygen atoms in total. The van der Waals surface area contributed by atoms with Crippen LogP contribution in [0.25, 0.3) is 0 Å². The van der Waals surface area contributed by atoms with Crippen molar-refractivity contribution in [3.63, 3.8) is 0 Å². The molecule has 3 amide bonds. The number of hydrazone groups is 1. The third-order valence-corrected chi connectivity index (χ3v) is 11.1. The van der Waals surface area contributed by atoms with Gasteiger partial charge in [0, 0.05) is 40.2 Å². The maximum Gasteiger partial charge on any atom is 0.262 e. The number of hydrogen-bond acceptors (Lipinski definition) is 11. The summed E-state index contributed by atoms with van der Waals surface area (Å²) in [5.74, 6) is -0.130. The summed E-state index contributed by atoms with van der Waals surface area (Å²) >= 11 is 9.03. The Hall–Kier alpha value is -4.30. The monoisotopic (exact) mass is 777 g/mol. The van der Waals surface area contributed by atoms with Gasteiger partial charge in [-0.1, -0.05) is 63.2 Å². The standard InChI is InChI=1S/C17H17ClN4S.C15H14N2O3.C6H13NOS.CH4/c1-9-10(2)23-17-15(9)16(12-4-6-13(18)7-5-12)19-8-14-21-20-11(3)22(14)17;1-8-4-3-5-10-12(8)15(20)17(14(10)19)11-7-6-9(2)16-13(11)18;1-3-4-5-7-9-6(2)8;/h4-7,11,20H,8H2,1-3H3;3-5,11H,2,6-7H2,1H3,(H,16,18);7H,3-5H2,1-2H3;1H4. The van der Waals surface area contributed by atoms with Gasteiger partial charge in [0.15, 0.2) is 5.84 Å². The summed E-state index contributed by atoms with van der Waals surface area (Å²) in [6, 6.07) is 12.3. The second-order valence-corrected chi connectivity index (χ2v) is 15.5. The largest absolute Gasteiger partial charge is 0.329 e. The zero-order valence-corrected chi connectivity index (χ0v) is 32.7. The van der Waals surface area contributed by atoms with E-state index in [0.29, 0.717) is 36.2 Å². The third-order valence-electron chi connectivity index (χ3n) is 9.00. The molecule has 2 atom stereocenters. The van der Waals surface area contributed by atoms with E-state index in [2.05, 4.69) is 59.7 Å². The van der Waals surface area contributed by atoms with Gasteiger partial charge in [-0.15, -0.1) is 11.3 Å². The molecule has 14 heteroatoms. The van der Waals surface area contributed by atoms with E-state index in [1.165, 1.54) is 39.4 Å². The van der Waals surface area contributed by atoms with E-state index in [1.807, 2.05) is 35.6 Å². The van der Waals surface area contributed by atoms with Crippen molar-refractivity contribution < 1.29 is 19.2 Å². The van der Waals surface area contributed by atoms with Crippen LogP contribution >= 0.6 is 34.9 Å². The molecule has 282 valence electrons. The summed E-state index contributed by atoms with van der Waals surface area (Å²) in [5.41, 5.74) is 9.96. The number of nitrogens with one attached hydrogen (secondary N) is 3. The minimum absolute atomic E-state index is 0. The number of benzene rings is 2. The van der Waals surface area contributed by atoms with Crippen LogP contribution in [-0.4, -0.2) is 64.6 Å². The molecule has 1 fully saturated rings. The number of carbonyl (C=O) groups is 4. The Balaban J connectivity index is 0.000000192. The van der Waals surface area contributed by atoms with Gasteiger partial charge in [-0.2, -0.15) is 5.10 Å². The fraction of sp³-hybridized carbons (Fsp3) is 0.385. The number of rotatable bonds is 6. The molecule has 0 aliphatic carbocycles. The average molecular weight is 778 g/mol. The van der Waals surface area contributed by atoms with E-state index in [1.54, 1.807) is 32.0 Å². The maximum absolute atomic E-state index is 12.5. The number of unbranched alkanes of at least 4 members (excludes halogenated alkanes) is 1. The highest BCUT2D eigenvalue weighted by Gasteiger charge is 2.44. The van der Waals surface area contributed by atoms with Crippen molar-refractivity contribution in [3.05, 3.63) is 98.0 Å². The number of imide groups is 1. The van der Waals surface area contributed by atoms with E-state index >= 15 is 0 Å². The van der Waals surface area contributed by atoms with Gasteiger partial charge < -0.3 is 5.32 Å². The van der Waals surface area contributed by atoms with E-state index < -0.39 is 6.04 Å². The fourth-order valence-electron chi connectivity index (χ4n) is 6.20. The quantitative estimate of drug-likeness (QED) is 0.133. The van der Waals surface area contributed by atoms with Gasteiger partial charge in [0.1, 0.15) is 17.2 Å². The Morgan fingerprint density at radius 3 is 2.43 bits per heavy atom. The normalized spacial score (nSPS) is 18.4. The molecule has 2 aromatic carbocycles. The molecule has 0 radical (unpaired) electrons. The van der Waals surface area contributed by atoms with Crippen molar-refractivity contribution >= 4 is 74.3 Å². The van der Waals surface area contributed by atoms with Crippen LogP contribution in [0.1, 0.15) is 102 Å². The Morgan fingerprint density at radius 1 is 1.08 bits per heavy atom. The summed E-state index contributed by atoms with van der Waals surface area (Å²) in [4.78, 5) is 56.7. The lowest BCUT2D eigenvalue weighted by Gasteiger charge is -2.29. The van der Waals surface area contributed by atoms with Crippen LogP contribution in [0.3, 0.4) is 0 Å². The molecule has 1 saturated heterocycles. The molecule has 2 unspecified atom stereocenters. The highest BCUT2D eigenvalue weighted by Crippen LogP contribution is 2.40. The van der Waals surface area contributed by atoms with Gasteiger partial charge in [-0.3, -0.25) is 44.1 Å². The Bertz CT molecular complexity index is 1960. The number of anilines is 1. The number of amidine groups is 1. The van der Waals surface area contributed by atoms with Crippen molar-refractivity contribution in [1.29, 1.82) is 0 Å². The van der Waals surface area contributed by atoms with Crippen LogP contribution in [0.4, 0.5) is 5.00 Å². The van der Waals surface area contributed by atoms with Crippen molar-refractivity contribution in [2.45, 2.75) is 86.9 Å². The highest BCUT2D eigenvalue weighted by molar-refractivity contribution is 8.11. The first kappa shape index (κ1) is 41.5. The van der Waals surface area contributed by atoms with Gasteiger partial charge in [0.2, 0.25) is 11.0 Å². The van der Waals surface area contributed by atoms with Crippen molar-refractivity contribution in [3.8, 4) is 0 Å². The molecule has 4 aliphatic heterocycles. The van der Waals surface area contributed by atoms with Crippen LogP contribution in [0.15, 0.2) is 64.8 Å². The number of aliphatic imine (C=N–C) groups is 1. The lowest BCUT2D eigenvalue weighted by Crippen LogP contribution is -2.51. The van der Waals surface area contributed by atoms with Gasteiger partial charge in [-0.05, 0) is 88.2 Å². The minimum atomic E-state index is -0.743. The molecule has 0 spiro atoms. The molecule has 3 N–H and O–H groups in total. The first-order chi connectivity index (χ1) is 24.8. The van der Waals surface area contributed by atoms with E-state index in [0.717, 1.165) is 45.6 Å². The van der Waals surface area contributed by atoms with Crippen molar-refractivity contribution in [2.24, 2.45) is 10.1 Å². The number of piperidine rings is 1. The van der Waals surface area contributed by atoms with Crippen molar-refractivity contribution in [1.82, 2.24) is 20.4 Å². The van der Waals surface area contributed by atoms with Crippen molar-refractivity contribution in [2.75, 3.05) is 18.0 Å².